The van der Waals surface area contributed by atoms with E-state index in [4.69, 9.17) is 4.74 Å². The summed E-state index contributed by atoms with van der Waals surface area (Å²) in [7, 11) is 0. The predicted molar refractivity (Wildman–Crippen MR) is 87.7 cm³/mol. The van der Waals surface area contributed by atoms with Crippen molar-refractivity contribution in [1.82, 2.24) is 15.0 Å². The Labute approximate surface area is 137 Å². The van der Waals surface area contributed by atoms with Gasteiger partial charge >= 0.3 is 5.97 Å². The maximum atomic E-state index is 12.3. The van der Waals surface area contributed by atoms with Gasteiger partial charge in [-0.05, 0) is 25.1 Å². The van der Waals surface area contributed by atoms with Crippen LogP contribution < -0.4 is 5.32 Å². The van der Waals surface area contributed by atoms with Crippen LogP contribution >= 0.6 is 11.3 Å². The van der Waals surface area contributed by atoms with Crippen molar-refractivity contribution in [3.63, 3.8) is 0 Å². The lowest BCUT2D eigenvalue weighted by molar-refractivity contribution is 0.0337. The van der Waals surface area contributed by atoms with Crippen LogP contribution in [0, 0.1) is 0 Å². The second-order valence-electron chi connectivity index (χ2n) is 4.71. The summed E-state index contributed by atoms with van der Waals surface area (Å²) in [4.78, 5) is 24.5. The maximum Gasteiger partial charge on any atom is 0.338 e. The van der Waals surface area contributed by atoms with Crippen LogP contribution in [0.2, 0.25) is 0 Å². The summed E-state index contributed by atoms with van der Waals surface area (Å²) in [5, 5.41) is 5.71. The van der Waals surface area contributed by atoms with Gasteiger partial charge in [0.1, 0.15) is 10.8 Å². The number of hydrogen-bond donors (Lipinski definition) is 1. The molecule has 2 aromatic heterocycles. The molecular weight excluding hydrogens is 312 g/mol. The fraction of sp³-hybridized carbons (Fsp3) is 0.125. The number of hydrogen-bond acceptors (Lipinski definition) is 7. The quantitative estimate of drug-likeness (QED) is 0.722. The van der Waals surface area contributed by atoms with E-state index in [0.29, 0.717) is 11.4 Å². The molecule has 2 heterocycles. The number of thiazole rings is 1. The number of ether oxygens (including phenoxy) is 1. The number of benzene rings is 1. The number of nitrogens with zero attached hydrogens (tertiary/aromatic N) is 3. The Bertz CT molecular complexity index is 778. The van der Waals surface area contributed by atoms with Crippen molar-refractivity contribution in [2.45, 2.75) is 13.0 Å². The number of carbonyl (C=O) groups excluding carboxylic acids is 1. The minimum absolute atomic E-state index is 0.376. The highest BCUT2D eigenvalue weighted by Crippen LogP contribution is 2.22. The highest BCUT2D eigenvalue weighted by molar-refractivity contribution is 7.09. The van der Waals surface area contributed by atoms with E-state index in [9.17, 15) is 4.79 Å². The molecule has 0 radical (unpaired) electrons. The summed E-state index contributed by atoms with van der Waals surface area (Å²) in [5.41, 5.74) is 1.20. The molecule has 23 heavy (non-hydrogen) atoms. The first kappa shape index (κ1) is 15.1. The van der Waals surface area contributed by atoms with Crippen LogP contribution in [0.1, 0.15) is 28.4 Å². The molecule has 0 fully saturated rings. The molecule has 3 aromatic rings. The number of anilines is 2. The zero-order valence-electron chi connectivity index (χ0n) is 12.3. The minimum Gasteiger partial charge on any atom is -0.452 e. The molecule has 0 saturated carbocycles. The average Bonchev–Trinajstić information content (AvgIpc) is 3.10. The molecule has 0 unspecified atom stereocenters. The second kappa shape index (κ2) is 6.97. The molecule has 0 aliphatic carbocycles. The topological polar surface area (TPSA) is 77.0 Å². The Morgan fingerprint density at radius 2 is 2.17 bits per heavy atom. The molecule has 7 heteroatoms. The van der Waals surface area contributed by atoms with E-state index in [-0.39, 0.29) is 6.10 Å². The fourth-order valence-electron chi connectivity index (χ4n) is 1.95. The molecular formula is C16H14N4O2S. The van der Waals surface area contributed by atoms with Crippen molar-refractivity contribution in [3.8, 4) is 0 Å². The Hall–Kier alpha value is -2.80. The Kier molecular flexibility index (Phi) is 4.58. The van der Waals surface area contributed by atoms with E-state index in [1.807, 2.05) is 11.4 Å². The van der Waals surface area contributed by atoms with Gasteiger partial charge in [0.15, 0.2) is 6.10 Å². The molecule has 0 amide bonds. The molecule has 1 atom stereocenters. The molecule has 0 aliphatic rings. The number of aromatic nitrogens is 3. The van der Waals surface area contributed by atoms with Gasteiger partial charge in [-0.2, -0.15) is 0 Å². The second-order valence-corrected chi connectivity index (χ2v) is 5.64. The number of nitrogens with one attached hydrogen (secondary N) is 1. The van der Waals surface area contributed by atoms with E-state index in [2.05, 4.69) is 20.3 Å². The third-order valence-corrected chi connectivity index (χ3v) is 3.95. The lowest BCUT2D eigenvalue weighted by Gasteiger charge is -2.11. The van der Waals surface area contributed by atoms with Crippen LogP contribution in [0.25, 0.3) is 0 Å². The van der Waals surface area contributed by atoms with Crippen molar-refractivity contribution in [2.24, 2.45) is 0 Å². The van der Waals surface area contributed by atoms with Crippen molar-refractivity contribution in [2.75, 3.05) is 5.32 Å². The first-order valence-electron chi connectivity index (χ1n) is 6.96. The zero-order chi connectivity index (χ0) is 16.1. The predicted octanol–water partition coefficient (Wildman–Crippen LogP) is 3.59. The van der Waals surface area contributed by atoms with Gasteiger partial charge in [-0.15, -0.1) is 11.3 Å². The SMILES string of the molecule is C[C@@H](OC(=O)c1cccc(Nc2cnccn2)c1)c1nccs1. The molecule has 0 spiro atoms. The normalized spacial score (nSPS) is 11.7. The smallest absolute Gasteiger partial charge is 0.338 e. The van der Waals surface area contributed by atoms with Gasteiger partial charge in [0.2, 0.25) is 0 Å². The van der Waals surface area contributed by atoms with Crippen molar-refractivity contribution in [3.05, 3.63) is 65.0 Å². The summed E-state index contributed by atoms with van der Waals surface area (Å²) in [6.45, 7) is 1.80. The molecule has 0 aliphatic heterocycles. The Morgan fingerprint density at radius 1 is 1.26 bits per heavy atom. The van der Waals surface area contributed by atoms with Crippen molar-refractivity contribution in [1.29, 1.82) is 0 Å². The minimum atomic E-state index is -0.393. The monoisotopic (exact) mass is 326 g/mol. The molecule has 0 bridgehead atoms. The Morgan fingerprint density at radius 3 is 2.91 bits per heavy atom. The number of rotatable bonds is 5. The van der Waals surface area contributed by atoms with Crippen LogP contribution in [0.5, 0.6) is 0 Å². The lowest BCUT2D eigenvalue weighted by Crippen LogP contribution is -2.09. The van der Waals surface area contributed by atoms with Crippen LogP contribution in [-0.2, 0) is 4.74 Å². The number of carbonyl (C=O) groups is 1. The van der Waals surface area contributed by atoms with Gasteiger partial charge in [0.05, 0.1) is 11.8 Å². The molecule has 1 N–H and O–H groups in total. The maximum absolute atomic E-state index is 12.3. The third kappa shape index (κ3) is 3.89. The molecule has 3 rings (SSSR count). The van der Waals surface area contributed by atoms with Crippen LogP contribution in [0.15, 0.2) is 54.4 Å². The van der Waals surface area contributed by atoms with Crippen molar-refractivity contribution >= 4 is 28.8 Å². The zero-order valence-corrected chi connectivity index (χ0v) is 13.2. The summed E-state index contributed by atoms with van der Waals surface area (Å²) < 4.78 is 5.44. The first-order chi connectivity index (χ1) is 11.2. The summed E-state index contributed by atoms with van der Waals surface area (Å²) in [5.74, 6) is 0.213. The lowest BCUT2D eigenvalue weighted by atomic mass is 10.2. The Balaban J connectivity index is 1.70. The average molecular weight is 326 g/mol. The third-order valence-electron chi connectivity index (χ3n) is 3.02. The standard InChI is InChI=1S/C16H14N4O2S/c1-11(15-19-7-8-23-15)22-16(21)12-3-2-4-13(9-12)20-14-10-17-5-6-18-14/h2-11H,1H3,(H,18,20)/t11-/m1/s1. The van der Waals surface area contributed by atoms with Gasteiger partial charge in [-0.25, -0.2) is 14.8 Å². The van der Waals surface area contributed by atoms with E-state index in [1.165, 1.54) is 11.3 Å². The largest absolute Gasteiger partial charge is 0.452 e. The number of esters is 1. The summed E-state index contributed by atoms with van der Waals surface area (Å²) >= 11 is 1.46. The summed E-state index contributed by atoms with van der Waals surface area (Å²) in [6.07, 6.45) is 6.11. The highest BCUT2D eigenvalue weighted by Gasteiger charge is 2.15. The first-order valence-corrected chi connectivity index (χ1v) is 7.84. The van der Waals surface area contributed by atoms with E-state index >= 15 is 0 Å². The molecule has 6 nitrogen and oxygen atoms in total. The fourth-order valence-corrected chi connectivity index (χ4v) is 2.57. The van der Waals surface area contributed by atoms with Crippen LogP contribution in [0.3, 0.4) is 0 Å². The molecule has 1 aromatic carbocycles. The van der Waals surface area contributed by atoms with Gasteiger partial charge in [-0.3, -0.25) is 4.98 Å². The summed E-state index contributed by atoms with van der Waals surface area (Å²) in [6, 6.07) is 7.05. The van der Waals surface area contributed by atoms with Gasteiger partial charge < -0.3 is 10.1 Å². The highest BCUT2D eigenvalue weighted by atomic mass is 32.1. The van der Waals surface area contributed by atoms with Gasteiger partial charge in [0, 0.05) is 29.7 Å². The van der Waals surface area contributed by atoms with E-state index in [1.54, 1.807) is 49.9 Å². The van der Waals surface area contributed by atoms with Gasteiger partial charge in [0.25, 0.3) is 0 Å². The van der Waals surface area contributed by atoms with E-state index < -0.39 is 5.97 Å². The van der Waals surface area contributed by atoms with Crippen molar-refractivity contribution < 1.29 is 9.53 Å². The molecule has 0 saturated heterocycles. The molecule has 116 valence electrons. The van der Waals surface area contributed by atoms with Crippen LogP contribution in [0.4, 0.5) is 11.5 Å². The van der Waals surface area contributed by atoms with Crippen LogP contribution in [-0.4, -0.2) is 20.9 Å². The van der Waals surface area contributed by atoms with E-state index in [0.717, 1.165) is 10.7 Å². The van der Waals surface area contributed by atoms with Gasteiger partial charge in [-0.1, -0.05) is 6.07 Å².